The van der Waals surface area contributed by atoms with Crippen molar-refractivity contribution in [3.05, 3.63) is 15.0 Å². The molecule has 10 heavy (non-hydrogen) atoms. The first-order valence-corrected chi connectivity index (χ1v) is 4.66. The maximum absolute atomic E-state index is 10.6. The molecule has 1 amide bonds. The van der Waals surface area contributed by atoms with E-state index >= 15 is 0 Å². The van der Waals surface area contributed by atoms with E-state index in [2.05, 4.69) is 27.9 Å². The standard InChI is InChI=1S/C6H6INOS/c1-4(9)8-6-5(7)2-3-10-6/h2-3H,1H3,(H,8,9). The Morgan fingerprint density at radius 3 is 2.90 bits per heavy atom. The van der Waals surface area contributed by atoms with Gasteiger partial charge in [0.25, 0.3) is 0 Å². The summed E-state index contributed by atoms with van der Waals surface area (Å²) in [6, 6.07) is 1.97. The van der Waals surface area contributed by atoms with E-state index in [4.69, 9.17) is 0 Å². The minimum absolute atomic E-state index is 0.0135. The summed E-state index contributed by atoms with van der Waals surface area (Å²) in [5.41, 5.74) is 0. The Labute approximate surface area is 76.8 Å². The molecule has 0 fully saturated rings. The highest BCUT2D eigenvalue weighted by atomic mass is 127. The van der Waals surface area contributed by atoms with Gasteiger partial charge in [-0.3, -0.25) is 4.79 Å². The first-order chi connectivity index (χ1) is 4.70. The average molecular weight is 267 g/mol. The molecule has 0 aliphatic heterocycles. The van der Waals surface area contributed by atoms with Crippen LogP contribution < -0.4 is 5.32 Å². The van der Waals surface area contributed by atoms with Crippen LogP contribution in [0, 0.1) is 3.57 Å². The van der Waals surface area contributed by atoms with Crippen LogP contribution in [0.15, 0.2) is 11.4 Å². The normalized spacial score (nSPS) is 9.40. The number of rotatable bonds is 1. The van der Waals surface area contributed by atoms with Gasteiger partial charge in [0.15, 0.2) is 0 Å². The lowest BCUT2D eigenvalue weighted by Crippen LogP contribution is -2.04. The summed E-state index contributed by atoms with van der Waals surface area (Å²) < 4.78 is 1.10. The Kier molecular flexibility index (Phi) is 2.67. The van der Waals surface area contributed by atoms with E-state index in [1.807, 2.05) is 11.4 Å². The van der Waals surface area contributed by atoms with Crippen molar-refractivity contribution in [3.63, 3.8) is 0 Å². The lowest BCUT2D eigenvalue weighted by molar-refractivity contribution is -0.114. The third-order valence-electron chi connectivity index (χ3n) is 0.907. The highest BCUT2D eigenvalue weighted by Gasteiger charge is 2.00. The van der Waals surface area contributed by atoms with Gasteiger partial charge in [-0.05, 0) is 34.0 Å². The molecule has 4 heteroatoms. The van der Waals surface area contributed by atoms with Crippen LogP contribution in [0.25, 0.3) is 0 Å². The van der Waals surface area contributed by atoms with E-state index in [9.17, 15) is 4.79 Å². The molecule has 0 aliphatic rings. The van der Waals surface area contributed by atoms with Crippen LogP contribution in [0.2, 0.25) is 0 Å². The van der Waals surface area contributed by atoms with Gasteiger partial charge >= 0.3 is 0 Å². The highest BCUT2D eigenvalue weighted by molar-refractivity contribution is 14.1. The zero-order valence-electron chi connectivity index (χ0n) is 5.35. The van der Waals surface area contributed by atoms with Gasteiger partial charge in [-0.25, -0.2) is 0 Å². The van der Waals surface area contributed by atoms with Gasteiger partial charge < -0.3 is 5.32 Å². The van der Waals surface area contributed by atoms with Crippen molar-refractivity contribution in [2.24, 2.45) is 0 Å². The second-order valence-electron chi connectivity index (χ2n) is 1.78. The third-order valence-corrected chi connectivity index (χ3v) is 3.00. The Morgan fingerprint density at radius 2 is 2.50 bits per heavy atom. The molecule has 0 saturated heterocycles. The number of halogens is 1. The molecule has 0 aromatic carbocycles. The summed E-state index contributed by atoms with van der Waals surface area (Å²) in [7, 11) is 0. The Bertz CT molecular complexity index is 246. The highest BCUT2D eigenvalue weighted by Crippen LogP contribution is 2.24. The number of hydrogen-bond donors (Lipinski definition) is 1. The van der Waals surface area contributed by atoms with Crippen LogP contribution >= 0.6 is 33.9 Å². The molecule has 1 N–H and O–H groups in total. The summed E-state index contributed by atoms with van der Waals surface area (Å²) in [4.78, 5) is 10.6. The average Bonchev–Trinajstić information content (AvgIpc) is 2.15. The van der Waals surface area contributed by atoms with Crippen LogP contribution in [0.3, 0.4) is 0 Å². The summed E-state index contributed by atoms with van der Waals surface area (Å²) >= 11 is 3.72. The third kappa shape index (κ3) is 1.95. The molecule has 0 spiro atoms. The number of hydrogen-bond acceptors (Lipinski definition) is 2. The zero-order valence-corrected chi connectivity index (χ0v) is 8.32. The van der Waals surface area contributed by atoms with Crippen molar-refractivity contribution in [2.75, 3.05) is 5.32 Å². The molecule has 2 nitrogen and oxygen atoms in total. The van der Waals surface area contributed by atoms with Crippen molar-refractivity contribution in [1.29, 1.82) is 0 Å². The van der Waals surface area contributed by atoms with E-state index in [-0.39, 0.29) is 5.91 Å². The minimum Gasteiger partial charge on any atom is -0.317 e. The van der Waals surface area contributed by atoms with Crippen LogP contribution in [-0.2, 0) is 4.79 Å². The van der Waals surface area contributed by atoms with Crippen molar-refractivity contribution >= 4 is 44.8 Å². The van der Waals surface area contributed by atoms with Gasteiger partial charge in [0.2, 0.25) is 5.91 Å². The maximum Gasteiger partial charge on any atom is 0.221 e. The Morgan fingerprint density at radius 1 is 1.80 bits per heavy atom. The fourth-order valence-corrected chi connectivity index (χ4v) is 2.21. The number of nitrogens with one attached hydrogen (secondary N) is 1. The second-order valence-corrected chi connectivity index (χ2v) is 3.86. The molecule has 0 bridgehead atoms. The quantitative estimate of drug-likeness (QED) is 0.777. The molecule has 0 radical (unpaired) electrons. The lowest BCUT2D eigenvalue weighted by atomic mass is 10.6. The van der Waals surface area contributed by atoms with Gasteiger partial charge in [0.1, 0.15) is 5.00 Å². The SMILES string of the molecule is CC(=O)Nc1sccc1I. The number of carbonyl (C=O) groups is 1. The molecular formula is C6H6INOS. The first kappa shape index (κ1) is 8.00. The second kappa shape index (κ2) is 3.34. The minimum atomic E-state index is -0.0135. The van der Waals surface area contributed by atoms with Crippen LogP contribution in [0.1, 0.15) is 6.92 Å². The number of carbonyl (C=O) groups excluding carboxylic acids is 1. The molecule has 0 atom stereocenters. The first-order valence-electron chi connectivity index (χ1n) is 2.70. The lowest BCUT2D eigenvalue weighted by Gasteiger charge is -1.95. The summed E-state index contributed by atoms with van der Waals surface area (Å²) in [5.74, 6) is -0.0135. The molecule has 1 heterocycles. The predicted octanol–water partition coefficient (Wildman–Crippen LogP) is 2.31. The van der Waals surface area contributed by atoms with E-state index in [1.54, 1.807) is 0 Å². The number of anilines is 1. The van der Waals surface area contributed by atoms with Crippen LogP contribution in [0.4, 0.5) is 5.00 Å². The van der Waals surface area contributed by atoms with Crippen molar-refractivity contribution < 1.29 is 4.79 Å². The van der Waals surface area contributed by atoms with E-state index < -0.39 is 0 Å². The Balaban J connectivity index is 2.74. The molecule has 0 saturated carbocycles. The smallest absolute Gasteiger partial charge is 0.221 e. The zero-order chi connectivity index (χ0) is 7.56. The summed E-state index contributed by atoms with van der Waals surface area (Å²) in [6.07, 6.45) is 0. The molecule has 54 valence electrons. The molecule has 1 aromatic heterocycles. The van der Waals surface area contributed by atoms with Gasteiger partial charge in [-0.2, -0.15) is 0 Å². The summed E-state index contributed by atoms with van der Waals surface area (Å²) in [6.45, 7) is 1.51. The largest absolute Gasteiger partial charge is 0.317 e. The summed E-state index contributed by atoms with van der Waals surface area (Å²) in [5, 5.41) is 5.61. The van der Waals surface area contributed by atoms with E-state index in [1.165, 1.54) is 18.3 Å². The molecular weight excluding hydrogens is 261 g/mol. The van der Waals surface area contributed by atoms with Gasteiger partial charge in [-0.15, -0.1) is 11.3 Å². The maximum atomic E-state index is 10.6. The van der Waals surface area contributed by atoms with Crippen molar-refractivity contribution in [3.8, 4) is 0 Å². The number of thiophene rings is 1. The van der Waals surface area contributed by atoms with Crippen molar-refractivity contribution in [2.45, 2.75) is 6.92 Å². The molecule has 1 aromatic rings. The van der Waals surface area contributed by atoms with E-state index in [0.29, 0.717) is 0 Å². The monoisotopic (exact) mass is 267 g/mol. The fourth-order valence-electron chi connectivity index (χ4n) is 0.543. The van der Waals surface area contributed by atoms with Gasteiger partial charge in [-0.1, -0.05) is 0 Å². The Hall–Kier alpha value is -0.100. The van der Waals surface area contributed by atoms with Gasteiger partial charge in [0, 0.05) is 10.5 Å². The van der Waals surface area contributed by atoms with Crippen LogP contribution in [-0.4, -0.2) is 5.91 Å². The number of amides is 1. The molecule has 1 rings (SSSR count). The predicted molar refractivity (Wildman–Crippen MR) is 51.3 cm³/mol. The van der Waals surface area contributed by atoms with Crippen LogP contribution in [0.5, 0.6) is 0 Å². The van der Waals surface area contributed by atoms with Crippen molar-refractivity contribution in [1.82, 2.24) is 0 Å². The van der Waals surface area contributed by atoms with E-state index in [0.717, 1.165) is 8.57 Å². The topological polar surface area (TPSA) is 29.1 Å². The molecule has 0 unspecified atom stereocenters. The fraction of sp³-hybridized carbons (Fsp3) is 0.167. The molecule has 0 aliphatic carbocycles. The van der Waals surface area contributed by atoms with Gasteiger partial charge in [0.05, 0.1) is 0 Å².